The lowest BCUT2D eigenvalue weighted by Crippen LogP contribution is -2.28. The highest BCUT2D eigenvalue weighted by Gasteiger charge is 2.17. The van der Waals surface area contributed by atoms with E-state index in [1.165, 1.54) is 0 Å². The van der Waals surface area contributed by atoms with Gasteiger partial charge in [-0.05, 0) is 51.0 Å². The smallest absolute Gasteiger partial charge is 0.220 e. The molecule has 3 rings (SSSR count). The highest BCUT2D eigenvalue weighted by molar-refractivity contribution is 5.78. The first kappa shape index (κ1) is 19.0. The summed E-state index contributed by atoms with van der Waals surface area (Å²) in [6, 6.07) is 15.8. The minimum absolute atomic E-state index is 0.0191. The third kappa shape index (κ3) is 4.48. The number of nitrogens with one attached hydrogen (secondary N) is 1. The van der Waals surface area contributed by atoms with Crippen molar-refractivity contribution in [3.05, 3.63) is 59.9 Å². The van der Waals surface area contributed by atoms with Crippen LogP contribution >= 0.6 is 0 Å². The van der Waals surface area contributed by atoms with Crippen LogP contribution in [0, 0.1) is 6.92 Å². The molecule has 142 valence electrons. The molecule has 1 amide bonds. The number of rotatable bonds is 8. The predicted octanol–water partition coefficient (Wildman–Crippen LogP) is 4.40. The van der Waals surface area contributed by atoms with Crippen LogP contribution in [0.3, 0.4) is 0 Å². The van der Waals surface area contributed by atoms with Crippen LogP contribution in [0.15, 0.2) is 48.5 Å². The number of ether oxygens (including phenoxy) is 1. The Morgan fingerprint density at radius 3 is 2.70 bits per heavy atom. The first-order chi connectivity index (χ1) is 13.1. The van der Waals surface area contributed by atoms with Crippen molar-refractivity contribution >= 4 is 16.9 Å². The molecule has 1 N–H and O–H groups in total. The van der Waals surface area contributed by atoms with E-state index in [2.05, 4.69) is 22.9 Å². The minimum Gasteiger partial charge on any atom is -0.493 e. The molecular weight excluding hydrogens is 338 g/mol. The van der Waals surface area contributed by atoms with Crippen molar-refractivity contribution in [2.75, 3.05) is 6.61 Å². The fraction of sp³-hybridized carbons (Fsp3) is 0.364. The monoisotopic (exact) mass is 365 g/mol. The number of fused-ring (bicyclic) bond motifs is 1. The number of aryl methyl sites for hydroxylation is 2. The summed E-state index contributed by atoms with van der Waals surface area (Å²) in [6.07, 6.45) is 1.11. The number of nitrogens with zero attached hydrogens (tertiary/aromatic N) is 2. The molecule has 1 heterocycles. The zero-order chi connectivity index (χ0) is 19.2. The van der Waals surface area contributed by atoms with E-state index in [4.69, 9.17) is 9.72 Å². The van der Waals surface area contributed by atoms with E-state index in [1.807, 2.05) is 56.3 Å². The normalized spacial score (nSPS) is 12.1. The van der Waals surface area contributed by atoms with E-state index in [-0.39, 0.29) is 11.9 Å². The third-order valence-electron chi connectivity index (χ3n) is 4.66. The zero-order valence-corrected chi connectivity index (χ0v) is 16.2. The first-order valence-electron chi connectivity index (χ1n) is 9.53. The van der Waals surface area contributed by atoms with Crippen LogP contribution < -0.4 is 10.1 Å². The Bertz CT molecular complexity index is 917. The van der Waals surface area contributed by atoms with Gasteiger partial charge in [-0.25, -0.2) is 4.98 Å². The molecule has 0 saturated heterocycles. The molecule has 0 bridgehead atoms. The molecule has 1 aromatic heterocycles. The van der Waals surface area contributed by atoms with Gasteiger partial charge < -0.3 is 14.6 Å². The summed E-state index contributed by atoms with van der Waals surface area (Å²) in [6.45, 7) is 7.44. The summed E-state index contributed by atoms with van der Waals surface area (Å²) in [4.78, 5) is 17.0. The van der Waals surface area contributed by atoms with Gasteiger partial charge in [0.15, 0.2) is 0 Å². The van der Waals surface area contributed by atoms with Crippen molar-refractivity contribution in [3.8, 4) is 5.75 Å². The van der Waals surface area contributed by atoms with Gasteiger partial charge in [0.05, 0.1) is 23.7 Å². The molecular formula is C22H27N3O2. The van der Waals surface area contributed by atoms with Crippen molar-refractivity contribution < 1.29 is 9.53 Å². The number of hydrogen-bond donors (Lipinski definition) is 1. The molecule has 0 saturated carbocycles. The second-order valence-corrected chi connectivity index (χ2v) is 6.71. The van der Waals surface area contributed by atoms with Gasteiger partial charge in [0.25, 0.3) is 0 Å². The maximum atomic E-state index is 12.3. The van der Waals surface area contributed by atoms with Crippen molar-refractivity contribution in [2.24, 2.45) is 0 Å². The van der Waals surface area contributed by atoms with Gasteiger partial charge in [-0.1, -0.05) is 30.3 Å². The number of imidazole rings is 1. The van der Waals surface area contributed by atoms with Gasteiger partial charge in [0.2, 0.25) is 5.91 Å². The van der Waals surface area contributed by atoms with Crippen LogP contribution in [0.5, 0.6) is 5.75 Å². The number of carbonyl (C=O) groups excluding carboxylic acids is 1. The Hall–Kier alpha value is -2.82. The molecule has 0 aliphatic carbocycles. The van der Waals surface area contributed by atoms with E-state index < -0.39 is 0 Å². The van der Waals surface area contributed by atoms with Gasteiger partial charge in [-0.2, -0.15) is 0 Å². The quantitative estimate of drug-likeness (QED) is 0.602. The molecule has 1 unspecified atom stereocenters. The van der Waals surface area contributed by atoms with E-state index in [9.17, 15) is 4.79 Å². The Balaban J connectivity index is 1.53. The molecule has 2 aromatic carbocycles. The summed E-state index contributed by atoms with van der Waals surface area (Å²) in [5.41, 5.74) is 3.17. The summed E-state index contributed by atoms with van der Waals surface area (Å²) >= 11 is 0. The van der Waals surface area contributed by atoms with Crippen molar-refractivity contribution in [3.63, 3.8) is 0 Å². The van der Waals surface area contributed by atoms with E-state index in [0.29, 0.717) is 19.4 Å². The third-order valence-corrected chi connectivity index (χ3v) is 4.66. The van der Waals surface area contributed by atoms with E-state index >= 15 is 0 Å². The van der Waals surface area contributed by atoms with Crippen LogP contribution in [-0.2, 0) is 11.3 Å². The van der Waals surface area contributed by atoms with Gasteiger partial charge in [0.1, 0.15) is 11.6 Å². The zero-order valence-electron chi connectivity index (χ0n) is 16.2. The second-order valence-electron chi connectivity index (χ2n) is 6.71. The first-order valence-corrected chi connectivity index (χ1v) is 9.53. The lowest BCUT2D eigenvalue weighted by Gasteiger charge is -2.15. The topological polar surface area (TPSA) is 56.2 Å². The molecule has 0 spiro atoms. The highest BCUT2D eigenvalue weighted by Crippen LogP contribution is 2.21. The number of benzene rings is 2. The fourth-order valence-electron chi connectivity index (χ4n) is 3.27. The van der Waals surface area contributed by atoms with E-state index in [0.717, 1.165) is 34.7 Å². The summed E-state index contributed by atoms with van der Waals surface area (Å²) in [5, 5.41) is 3.06. The minimum atomic E-state index is -0.137. The average Bonchev–Trinajstić information content (AvgIpc) is 3.05. The number of aromatic nitrogens is 2. The molecule has 5 nitrogen and oxygen atoms in total. The van der Waals surface area contributed by atoms with Crippen LogP contribution in [0.1, 0.15) is 44.1 Å². The molecule has 5 heteroatoms. The second kappa shape index (κ2) is 8.71. The van der Waals surface area contributed by atoms with Gasteiger partial charge in [-0.3, -0.25) is 4.79 Å². The lowest BCUT2D eigenvalue weighted by atomic mass is 10.2. The van der Waals surface area contributed by atoms with Crippen LogP contribution in [0.2, 0.25) is 0 Å². The summed E-state index contributed by atoms with van der Waals surface area (Å²) < 4.78 is 7.91. The maximum Gasteiger partial charge on any atom is 0.220 e. The Kier molecular flexibility index (Phi) is 6.12. The average molecular weight is 365 g/mol. The van der Waals surface area contributed by atoms with Gasteiger partial charge in [0, 0.05) is 13.0 Å². The van der Waals surface area contributed by atoms with E-state index in [1.54, 1.807) is 0 Å². The van der Waals surface area contributed by atoms with Crippen molar-refractivity contribution in [2.45, 2.75) is 46.2 Å². The molecule has 0 fully saturated rings. The highest BCUT2D eigenvalue weighted by atomic mass is 16.5. The summed E-state index contributed by atoms with van der Waals surface area (Å²) in [5.74, 6) is 1.79. The molecule has 0 aliphatic rings. The summed E-state index contributed by atoms with van der Waals surface area (Å²) in [7, 11) is 0. The fourth-order valence-corrected chi connectivity index (χ4v) is 3.27. The molecule has 0 aliphatic heterocycles. The number of hydrogen-bond acceptors (Lipinski definition) is 3. The van der Waals surface area contributed by atoms with Gasteiger partial charge in [-0.15, -0.1) is 0 Å². The molecule has 27 heavy (non-hydrogen) atoms. The van der Waals surface area contributed by atoms with Crippen molar-refractivity contribution in [1.29, 1.82) is 0 Å². The standard InChI is InChI=1S/C22H27N3O2/c1-4-25-19-12-7-6-11-18(19)24-22(25)17(3)23-21(26)14-9-15-27-20-13-8-5-10-16(20)2/h5-8,10-13,17H,4,9,14-15H2,1-3H3,(H,23,26). The Morgan fingerprint density at radius 2 is 1.93 bits per heavy atom. The van der Waals surface area contributed by atoms with Crippen LogP contribution in [0.4, 0.5) is 0 Å². The SMILES string of the molecule is CCn1c(C(C)NC(=O)CCCOc2ccccc2C)nc2ccccc21. The number of para-hydroxylation sites is 3. The van der Waals surface area contributed by atoms with Gasteiger partial charge >= 0.3 is 0 Å². The maximum absolute atomic E-state index is 12.3. The predicted molar refractivity (Wildman–Crippen MR) is 108 cm³/mol. The molecule has 3 aromatic rings. The van der Waals surface area contributed by atoms with Crippen LogP contribution in [-0.4, -0.2) is 22.1 Å². The largest absolute Gasteiger partial charge is 0.493 e. The molecule has 0 radical (unpaired) electrons. The number of amides is 1. The Morgan fingerprint density at radius 1 is 1.19 bits per heavy atom. The lowest BCUT2D eigenvalue weighted by molar-refractivity contribution is -0.122. The molecule has 1 atom stereocenters. The van der Waals surface area contributed by atoms with Crippen molar-refractivity contribution in [1.82, 2.24) is 14.9 Å². The Labute approximate surface area is 160 Å². The van der Waals surface area contributed by atoms with Crippen LogP contribution in [0.25, 0.3) is 11.0 Å². The number of carbonyl (C=O) groups is 1.